The second-order valence-corrected chi connectivity index (χ2v) is 11.8. The van der Waals surface area contributed by atoms with Crippen LogP contribution in [0.25, 0.3) is 0 Å². The molecular formula is C13H28Si. The Hall–Kier alpha value is -0.0431. The first-order chi connectivity index (χ1) is 6.02. The van der Waals surface area contributed by atoms with E-state index in [-0.39, 0.29) is 0 Å². The first-order valence-corrected chi connectivity index (χ1v) is 8.80. The molecule has 0 fully saturated rings. The SMILES string of the molecule is CCC(C)(C)[Si](C)(C)C=CC(C)(C)C. The molecule has 0 saturated carbocycles. The number of hydrogen-bond acceptors (Lipinski definition) is 0. The summed E-state index contributed by atoms with van der Waals surface area (Å²) in [7, 11) is -1.22. The van der Waals surface area contributed by atoms with Gasteiger partial charge in [0.05, 0.1) is 8.07 Å². The Labute approximate surface area is 91.8 Å². The minimum Gasteiger partial charge on any atom is -0.0976 e. The van der Waals surface area contributed by atoms with Crippen molar-refractivity contribution in [2.45, 2.75) is 66.1 Å². The molecular weight excluding hydrogens is 184 g/mol. The second kappa shape index (κ2) is 4.22. The molecule has 0 heterocycles. The highest BCUT2D eigenvalue weighted by Gasteiger charge is 2.35. The van der Waals surface area contributed by atoms with E-state index in [9.17, 15) is 0 Å². The van der Waals surface area contributed by atoms with E-state index < -0.39 is 8.07 Å². The lowest BCUT2D eigenvalue weighted by atomic mass is 9.98. The van der Waals surface area contributed by atoms with Gasteiger partial charge in [0.15, 0.2) is 0 Å². The number of hydrogen-bond donors (Lipinski definition) is 0. The molecule has 0 aromatic carbocycles. The van der Waals surface area contributed by atoms with Gasteiger partial charge in [0, 0.05) is 0 Å². The Morgan fingerprint density at radius 3 is 1.71 bits per heavy atom. The van der Waals surface area contributed by atoms with Gasteiger partial charge in [-0.3, -0.25) is 0 Å². The van der Waals surface area contributed by atoms with E-state index in [2.05, 4.69) is 66.4 Å². The third kappa shape index (κ3) is 3.99. The van der Waals surface area contributed by atoms with E-state index in [4.69, 9.17) is 0 Å². The molecule has 0 saturated heterocycles. The molecule has 14 heavy (non-hydrogen) atoms. The normalized spacial score (nSPS) is 15.1. The molecule has 0 bridgehead atoms. The van der Waals surface area contributed by atoms with Gasteiger partial charge in [-0.15, -0.1) is 0 Å². The van der Waals surface area contributed by atoms with Crippen molar-refractivity contribution < 1.29 is 0 Å². The minimum absolute atomic E-state index is 0.327. The largest absolute Gasteiger partial charge is 0.0976 e. The Morgan fingerprint density at radius 1 is 1.00 bits per heavy atom. The molecule has 0 unspecified atom stereocenters. The second-order valence-electron chi connectivity index (χ2n) is 6.66. The van der Waals surface area contributed by atoms with Crippen LogP contribution in [0.15, 0.2) is 11.8 Å². The van der Waals surface area contributed by atoms with Gasteiger partial charge in [-0.25, -0.2) is 0 Å². The summed E-state index contributed by atoms with van der Waals surface area (Å²) in [4.78, 5) is 0. The van der Waals surface area contributed by atoms with Gasteiger partial charge in [0.2, 0.25) is 0 Å². The van der Waals surface area contributed by atoms with Crippen LogP contribution in [-0.4, -0.2) is 8.07 Å². The summed E-state index contributed by atoms with van der Waals surface area (Å²) in [5.74, 6) is 0. The lowest BCUT2D eigenvalue weighted by molar-refractivity contribution is 0.543. The zero-order valence-corrected chi connectivity index (χ0v) is 12.4. The fourth-order valence-electron chi connectivity index (χ4n) is 1.14. The van der Waals surface area contributed by atoms with Gasteiger partial charge in [-0.05, 0) is 10.5 Å². The maximum atomic E-state index is 2.52. The van der Waals surface area contributed by atoms with Crippen molar-refractivity contribution in [2.24, 2.45) is 5.41 Å². The smallest absolute Gasteiger partial charge is 0.0768 e. The Morgan fingerprint density at radius 2 is 1.43 bits per heavy atom. The maximum absolute atomic E-state index is 2.52. The van der Waals surface area contributed by atoms with Crippen LogP contribution >= 0.6 is 0 Å². The van der Waals surface area contributed by atoms with Gasteiger partial charge < -0.3 is 0 Å². The van der Waals surface area contributed by atoms with Crippen LogP contribution in [0.2, 0.25) is 18.1 Å². The molecule has 0 amide bonds. The summed E-state index contributed by atoms with van der Waals surface area (Å²) < 4.78 is 0. The van der Waals surface area contributed by atoms with Crippen molar-refractivity contribution in [3.8, 4) is 0 Å². The Kier molecular flexibility index (Phi) is 4.20. The lowest BCUT2D eigenvalue weighted by Crippen LogP contribution is -2.37. The van der Waals surface area contributed by atoms with E-state index in [1.54, 1.807) is 0 Å². The number of allylic oxidation sites excluding steroid dienone is 1. The van der Waals surface area contributed by atoms with Gasteiger partial charge in [0.1, 0.15) is 0 Å². The molecule has 0 radical (unpaired) electrons. The summed E-state index contributed by atoms with van der Waals surface area (Å²) in [5.41, 5.74) is 2.85. The van der Waals surface area contributed by atoms with Gasteiger partial charge >= 0.3 is 0 Å². The lowest BCUT2D eigenvalue weighted by Gasteiger charge is -2.37. The zero-order chi connectivity index (χ0) is 11.6. The van der Waals surface area contributed by atoms with Gasteiger partial charge in [-0.1, -0.05) is 72.8 Å². The van der Waals surface area contributed by atoms with Gasteiger partial charge in [-0.2, -0.15) is 0 Å². The molecule has 0 aliphatic carbocycles. The van der Waals surface area contributed by atoms with Crippen molar-refractivity contribution >= 4 is 8.07 Å². The third-order valence-corrected chi connectivity index (χ3v) is 8.47. The molecule has 0 atom stereocenters. The van der Waals surface area contributed by atoms with Crippen molar-refractivity contribution in [1.29, 1.82) is 0 Å². The average molecular weight is 212 g/mol. The fourth-order valence-corrected chi connectivity index (χ4v) is 3.42. The highest BCUT2D eigenvalue weighted by molar-refractivity contribution is 6.84. The topological polar surface area (TPSA) is 0 Å². The van der Waals surface area contributed by atoms with E-state index >= 15 is 0 Å². The van der Waals surface area contributed by atoms with E-state index in [1.165, 1.54) is 6.42 Å². The molecule has 0 aliphatic rings. The van der Waals surface area contributed by atoms with Crippen LogP contribution in [0.1, 0.15) is 48.0 Å². The maximum Gasteiger partial charge on any atom is 0.0768 e. The summed E-state index contributed by atoms with van der Waals surface area (Å²) in [6, 6.07) is 0. The average Bonchev–Trinajstić information content (AvgIpc) is 1.99. The Balaban J connectivity index is 4.73. The Bertz CT molecular complexity index is 204. The molecule has 0 aromatic rings. The fraction of sp³-hybridized carbons (Fsp3) is 0.846. The summed E-state index contributed by atoms with van der Waals surface area (Å²) in [5, 5.41) is 0.509. The van der Waals surface area contributed by atoms with Crippen molar-refractivity contribution in [2.75, 3.05) is 0 Å². The summed E-state index contributed by atoms with van der Waals surface area (Å²) in [6.45, 7) is 18.9. The van der Waals surface area contributed by atoms with Crippen LogP contribution in [0, 0.1) is 5.41 Å². The highest BCUT2D eigenvalue weighted by Crippen LogP contribution is 2.41. The number of rotatable bonds is 3. The van der Waals surface area contributed by atoms with E-state index in [0.29, 0.717) is 10.5 Å². The summed E-state index contributed by atoms with van der Waals surface area (Å²) >= 11 is 0. The zero-order valence-electron chi connectivity index (χ0n) is 11.4. The van der Waals surface area contributed by atoms with Crippen LogP contribution in [-0.2, 0) is 0 Å². The van der Waals surface area contributed by atoms with Crippen LogP contribution < -0.4 is 0 Å². The molecule has 0 rings (SSSR count). The molecule has 0 spiro atoms. The molecule has 1 heteroatoms. The van der Waals surface area contributed by atoms with E-state index in [0.717, 1.165) is 0 Å². The van der Waals surface area contributed by atoms with Crippen molar-refractivity contribution in [3.63, 3.8) is 0 Å². The first-order valence-electron chi connectivity index (χ1n) is 5.72. The monoisotopic (exact) mass is 212 g/mol. The molecule has 84 valence electrons. The highest BCUT2D eigenvalue weighted by atomic mass is 28.3. The molecule has 0 nitrogen and oxygen atoms in total. The molecule has 0 aliphatic heterocycles. The van der Waals surface area contributed by atoms with Crippen LogP contribution in [0.5, 0.6) is 0 Å². The molecule has 0 aromatic heterocycles. The van der Waals surface area contributed by atoms with Crippen LogP contribution in [0.4, 0.5) is 0 Å². The predicted molar refractivity (Wildman–Crippen MR) is 70.4 cm³/mol. The van der Waals surface area contributed by atoms with E-state index in [1.807, 2.05) is 0 Å². The van der Waals surface area contributed by atoms with Crippen molar-refractivity contribution in [1.82, 2.24) is 0 Å². The van der Waals surface area contributed by atoms with Crippen LogP contribution in [0.3, 0.4) is 0 Å². The third-order valence-electron chi connectivity index (χ3n) is 3.63. The standard InChI is InChI=1S/C13H28Si/c1-9-13(5,6)14(7,8)11-10-12(2,3)4/h10-11H,9H2,1-8H3. The predicted octanol–water partition coefficient (Wildman–Crippen LogP) is 5.03. The summed E-state index contributed by atoms with van der Waals surface area (Å²) in [6.07, 6.45) is 3.68. The first kappa shape index (κ1) is 14.0. The molecule has 0 N–H and O–H groups in total. The quantitative estimate of drug-likeness (QED) is 0.576. The van der Waals surface area contributed by atoms with Gasteiger partial charge in [0.25, 0.3) is 0 Å². The van der Waals surface area contributed by atoms with Crippen molar-refractivity contribution in [3.05, 3.63) is 11.8 Å². The minimum atomic E-state index is -1.22.